The normalized spacial score (nSPS) is 28.1. The van der Waals surface area contributed by atoms with Crippen molar-refractivity contribution in [2.45, 2.75) is 11.3 Å². The third kappa shape index (κ3) is 3.20. The van der Waals surface area contributed by atoms with Crippen molar-refractivity contribution >= 4 is 65.9 Å². The quantitative estimate of drug-likeness (QED) is 0.683. The van der Waals surface area contributed by atoms with Gasteiger partial charge in [-0.15, -0.1) is 11.6 Å². The van der Waals surface area contributed by atoms with E-state index in [0.29, 0.717) is 5.17 Å². The van der Waals surface area contributed by atoms with Crippen LogP contribution in [0.2, 0.25) is 0 Å². The van der Waals surface area contributed by atoms with E-state index in [1.807, 2.05) is 29.2 Å². The molecule has 2 aliphatic heterocycles. The van der Waals surface area contributed by atoms with Crippen LogP contribution in [0.4, 0.5) is 5.69 Å². The van der Waals surface area contributed by atoms with E-state index in [-0.39, 0.29) is 28.7 Å². The highest BCUT2D eigenvalue weighted by Gasteiger charge is 2.49. The van der Waals surface area contributed by atoms with Gasteiger partial charge in [0.2, 0.25) is 0 Å². The molecule has 0 aliphatic carbocycles. The molecule has 5 nitrogen and oxygen atoms in total. The lowest BCUT2D eigenvalue weighted by Gasteiger charge is -2.24. The molecule has 0 unspecified atom stereocenters. The number of hydrogen-bond donors (Lipinski definition) is 0. The maximum Gasteiger partial charge on any atom is 0.262 e. The van der Waals surface area contributed by atoms with Crippen molar-refractivity contribution in [1.29, 1.82) is 0 Å². The van der Waals surface area contributed by atoms with Gasteiger partial charge >= 0.3 is 0 Å². The summed E-state index contributed by atoms with van der Waals surface area (Å²) in [7, 11) is -3.05. The molecule has 0 bridgehead atoms. The Morgan fingerprint density at radius 2 is 2.23 bits per heavy atom. The van der Waals surface area contributed by atoms with Crippen LogP contribution in [0.25, 0.3) is 0 Å². The van der Waals surface area contributed by atoms with Gasteiger partial charge in [0.05, 0.1) is 17.5 Å². The summed E-state index contributed by atoms with van der Waals surface area (Å²) in [6.45, 7) is 0. The van der Waals surface area contributed by atoms with Gasteiger partial charge < -0.3 is 4.90 Å². The minimum atomic E-state index is -3.05. The van der Waals surface area contributed by atoms with Crippen LogP contribution in [-0.4, -0.2) is 48.2 Å². The number of amides is 1. The highest BCUT2D eigenvalue weighted by Crippen LogP contribution is 2.41. The Bertz CT molecular complexity index is 753. The Morgan fingerprint density at radius 3 is 2.91 bits per heavy atom. The molecule has 118 valence electrons. The van der Waals surface area contributed by atoms with E-state index in [1.165, 1.54) is 11.8 Å². The van der Waals surface area contributed by atoms with E-state index in [9.17, 15) is 13.2 Å². The molecule has 0 aromatic heterocycles. The number of alkyl halides is 1. The fraction of sp³-hybridized carbons (Fsp3) is 0.385. The number of sulfone groups is 1. The van der Waals surface area contributed by atoms with Gasteiger partial charge in [-0.05, 0) is 18.2 Å². The first-order valence-electron chi connectivity index (χ1n) is 6.49. The number of rotatable bonds is 2. The van der Waals surface area contributed by atoms with Gasteiger partial charge in [-0.2, -0.15) is 4.99 Å². The number of fused-ring (bicyclic) bond motifs is 1. The molecule has 0 N–H and O–H groups in total. The van der Waals surface area contributed by atoms with Crippen molar-refractivity contribution in [1.82, 2.24) is 0 Å². The highest BCUT2D eigenvalue weighted by atomic mass is 79.9. The van der Waals surface area contributed by atoms with Crippen molar-refractivity contribution in [3.8, 4) is 0 Å². The van der Waals surface area contributed by atoms with Gasteiger partial charge in [0.25, 0.3) is 5.91 Å². The molecule has 1 aromatic rings. The zero-order valence-electron chi connectivity index (χ0n) is 11.3. The van der Waals surface area contributed by atoms with Crippen LogP contribution in [-0.2, 0) is 14.6 Å². The smallest absolute Gasteiger partial charge is 0.262 e. The number of aliphatic imine (C=N–C) groups is 1. The highest BCUT2D eigenvalue weighted by molar-refractivity contribution is 9.10. The predicted octanol–water partition coefficient (Wildman–Crippen LogP) is 2.29. The average molecular weight is 424 g/mol. The first-order chi connectivity index (χ1) is 10.4. The summed E-state index contributed by atoms with van der Waals surface area (Å²) >= 11 is 10.3. The Labute approximate surface area is 146 Å². The molecule has 2 atom stereocenters. The SMILES string of the molecule is O=C(CCl)N=C1S[C@H]2CS(=O)(=O)C[C@H]2N1c1cccc(Br)c1. The fourth-order valence-electron chi connectivity index (χ4n) is 2.63. The zero-order chi connectivity index (χ0) is 15.9. The first-order valence-corrected chi connectivity index (χ1v) is 10.5. The van der Waals surface area contributed by atoms with Crippen LogP contribution in [0.15, 0.2) is 33.7 Å². The summed E-state index contributed by atoms with van der Waals surface area (Å²) < 4.78 is 24.7. The topological polar surface area (TPSA) is 66.8 Å². The number of hydrogen-bond acceptors (Lipinski definition) is 4. The van der Waals surface area contributed by atoms with Gasteiger partial charge in [0, 0.05) is 15.4 Å². The van der Waals surface area contributed by atoms with E-state index in [2.05, 4.69) is 20.9 Å². The van der Waals surface area contributed by atoms with E-state index < -0.39 is 15.7 Å². The first kappa shape index (κ1) is 16.3. The summed E-state index contributed by atoms with van der Waals surface area (Å²) in [5.74, 6) is -0.428. The third-order valence-corrected chi connectivity index (χ3v) is 7.42. The number of thioether (sulfide) groups is 1. The molecule has 0 spiro atoms. The Balaban J connectivity index is 2.03. The standard InChI is InChI=1S/C13H12BrClN2O3S2/c14-8-2-1-3-9(4-8)17-10-6-22(19,20)7-11(10)21-13(17)16-12(18)5-15/h1-4,10-11H,5-7H2/t10-,11+/m1/s1. The Morgan fingerprint density at radius 1 is 1.45 bits per heavy atom. The Hall–Kier alpha value is -0.570. The monoisotopic (exact) mass is 422 g/mol. The predicted molar refractivity (Wildman–Crippen MR) is 93.6 cm³/mol. The number of benzene rings is 1. The van der Waals surface area contributed by atoms with Gasteiger partial charge in [0.15, 0.2) is 15.0 Å². The largest absolute Gasteiger partial charge is 0.316 e. The minimum Gasteiger partial charge on any atom is -0.316 e. The molecular weight excluding hydrogens is 412 g/mol. The molecule has 2 heterocycles. The molecule has 22 heavy (non-hydrogen) atoms. The van der Waals surface area contributed by atoms with E-state index in [1.54, 1.807) is 0 Å². The molecule has 2 fully saturated rings. The van der Waals surface area contributed by atoms with Crippen LogP contribution in [0.5, 0.6) is 0 Å². The van der Waals surface area contributed by atoms with Crippen molar-refractivity contribution in [3.05, 3.63) is 28.7 Å². The second-order valence-corrected chi connectivity index (χ2v) is 9.62. The molecule has 0 saturated carbocycles. The second-order valence-electron chi connectivity index (χ2n) is 5.07. The molecule has 2 aliphatic rings. The maximum atomic E-state index is 11.9. The van der Waals surface area contributed by atoms with Crippen molar-refractivity contribution < 1.29 is 13.2 Å². The van der Waals surface area contributed by atoms with Crippen LogP contribution in [0, 0.1) is 0 Å². The molecule has 9 heteroatoms. The van der Waals surface area contributed by atoms with Gasteiger partial charge in [-0.1, -0.05) is 33.8 Å². The lowest BCUT2D eigenvalue weighted by Crippen LogP contribution is -2.37. The minimum absolute atomic E-state index is 0.0747. The maximum absolute atomic E-state index is 11.9. The van der Waals surface area contributed by atoms with E-state index in [4.69, 9.17) is 11.6 Å². The molecule has 3 rings (SSSR count). The van der Waals surface area contributed by atoms with E-state index >= 15 is 0 Å². The summed E-state index contributed by atoms with van der Waals surface area (Å²) in [6, 6.07) is 7.30. The van der Waals surface area contributed by atoms with Crippen molar-refractivity contribution in [3.63, 3.8) is 0 Å². The van der Waals surface area contributed by atoms with Gasteiger partial charge in [0.1, 0.15) is 5.88 Å². The summed E-state index contributed by atoms with van der Waals surface area (Å²) in [4.78, 5) is 17.5. The molecule has 2 saturated heterocycles. The summed E-state index contributed by atoms with van der Waals surface area (Å²) in [5.41, 5.74) is 0.813. The number of halogens is 2. The Kier molecular flexibility index (Phi) is 4.55. The van der Waals surface area contributed by atoms with Crippen LogP contribution >= 0.6 is 39.3 Å². The third-order valence-electron chi connectivity index (χ3n) is 3.49. The molecule has 1 amide bonds. The number of nitrogens with zero attached hydrogens (tertiary/aromatic N) is 2. The average Bonchev–Trinajstić information content (AvgIpc) is 2.89. The lowest BCUT2D eigenvalue weighted by atomic mass is 10.2. The molecular formula is C13H12BrClN2O3S2. The van der Waals surface area contributed by atoms with Crippen LogP contribution in [0.1, 0.15) is 0 Å². The van der Waals surface area contributed by atoms with Crippen molar-refractivity contribution in [2.24, 2.45) is 4.99 Å². The molecule has 0 radical (unpaired) electrons. The number of anilines is 1. The number of amidine groups is 1. The number of carbonyl (C=O) groups is 1. The van der Waals surface area contributed by atoms with Crippen molar-refractivity contribution in [2.75, 3.05) is 22.3 Å². The van der Waals surface area contributed by atoms with E-state index in [0.717, 1.165) is 10.2 Å². The second kappa shape index (κ2) is 6.14. The van der Waals surface area contributed by atoms with Gasteiger partial charge in [-0.25, -0.2) is 8.42 Å². The fourth-order valence-corrected chi connectivity index (χ4v) is 7.01. The lowest BCUT2D eigenvalue weighted by molar-refractivity contribution is -0.115. The molecule has 1 aromatic carbocycles. The van der Waals surface area contributed by atoms with Gasteiger partial charge in [-0.3, -0.25) is 4.79 Å². The zero-order valence-corrected chi connectivity index (χ0v) is 15.3. The number of carbonyl (C=O) groups excluding carboxylic acids is 1. The van der Waals surface area contributed by atoms with Crippen LogP contribution in [0.3, 0.4) is 0 Å². The van der Waals surface area contributed by atoms with Crippen LogP contribution < -0.4 is 4.90 Å². The summed E-state index contributed by atoms with van der Waals surface area (Å²) in [6.07, 6.45) is 0. The summed E-state index contributed by atoms with van der Waals surface area (Å²) in [5, 5.41) is 0.416.